The Labute approximate surface area is 236 Å². The molecule has 3 aromatic heterocycles. The van der Waals surface area contributed by atoms with Crippen LogP contribution in [0.25, 0.3) is 18.2 Å². The van der Waals surface area contributed by atoms with Crippen LogP contribution in [0.4, 0.5) is 0 Å². The topological polar surface area (TPSA) is 159 Å². The molecule has 0 spiro atoms. The first-order chi connectivity index (χ1) is 15.9. The Morgan fingerprint density at radius 2 is 0.824 bits per heavy atom. The molecular weight excluding hydrogens is 578 g/mol. The Bertz CT molecular complexity index is 948. The molecule has 0 unspecified atom stereocenters. The van der Waals surface area contributed by atoms with E-state index < -0.39 is 17.9 Å². The minimum Gasteiger partial charge on any atom is -0.545 e. The fourth-order valence-electron chi connectivity index (χ4n) is 1.92. The molecule has 0 aromatic carbocycles. The number of carboxylic acids is 3. The van der Waals surface area contributed by atoms with Crippen molar-refractivity contribution in [1.82, 2.24) is 15.0 Å². The molecule has 0 saturated carbocycles. The van der Waals surface area contributed by atoms with Gasteiger partial charge in [-0.1, -0.05) is 36.4 Å². The summed E-state index contributed by atoms with van der Waals surface area (Å²) in [5.74, 6) is -3.60. The van der Waals surface area contributed by atoms with Crippen molar-refractivity contribution in [3.8, 4) is 0 Å². The molecule has 0 aliphatic rings. The summed E-state index contributed by atoms with van der Waals surface area (Å²) in [7, 11) is 0. The molecule has 0 N–H and O–H groups in total. The van der Waals surface area contributed by atoms with Gasteiger partial charge >= 0.3 is 49.4 Å². The molecule has 3 aromatic rings. The van der Waals surface area contributed by atoms with E-state index in [1.54, 1.807) is 73.6 Å². The van der Waals surface area contributed by atoms with Crippen LogP contribution in [-0.2, 0) is 14.4 Å². The van der Waals surface area contributed by atoms with Crippen LogP contribution >= 0.6 is 0 Å². The van der Waals surface area contributed by atoms with Crippen molar-refractivity contribution in [3.63, 3.8) is 0 Å². The van der Waals surface area contributed by atoms with Crippen LogP contribution < -0.4 is 15.3 Å². The Morgan fingerprint density at radius 3 is 1.00 bits per heavy atom. The molecule has 10 heteroatoms. The van der Waals surface area contributed by atoms with Gasteiger partial charge in [0.1, 0.15) is 0 Å². The van der Waals surface area contributed by atoms with Crippen molar-refractivity contribution < 1.29 is 79.1 Å². The average Bonchev–Trinajstić information content (AvgIpc) is 2.83. The van der Waals surface area contributed by atoms with E-state index in [9.17, 15) is 29.7 Å². The number of pyridine rings is 3. The molecular formula is C24H18EuN3O6. The zero-order chi connectivity index (χ0) is 24.3. The fourth-order valence-corrected chi connectivity index (χ4v) is 1.92. The van der Waals surface area contributed by atoms with Crippen LogP contribution in [0.5, 0.6) is 0 Å². The Balaban J connectivity index is 0.000000473. The number of carbonyl (C=O) groups is 3. The summed E-state index contributed by atoms with van der Waals surface area (Å²) in [5, 5.41) is 29.9. The van der Waals surface area contributed by atoms with Crippen molar-refractivity contribution >= 4 is 36.1 Å². The van der Waals surface area contributed by atoms with Gasteiger partial charge in [0.05, 0.1) is 17.9 Å². The predicted octanol–water partition coefficient (Wildman–Crippen LogP) is -0.466. The summed E-state index contributed by atoms with van der Waals surface area (Å²) in [6.07, 6.45) is 16.8. The Morgan fingerprint density at radius 1 is 0.559 bits per heavy atom. The molecule has 3 heterocycles. The van der Waals surface area contributed by atoms with E-state index in [0.717, 1.165) is 34.9 Å². The second-order valence-electron chi connectivity index (χ2n) is 5.82. The predicted molar refractivity (Wildman–Crippen MR) is 115 cm³/mol. The third-order valence-corrected chi connectivity index (χ3v) is 3.29. The number of rotatable bonds is 6. The molecule has 0 bridgehead atoms. The first-order valence-corrected chi connectivity index (χ1v) is 9.24. The van der Waals surface area contributed by atoms with E-state index in [2.05, 4.69) is 15.0 Å². The van der Waals surface area contributed by atoms with E-state index in [4.69, 9.17) is 0 Å². The number of aliphatic carboxylic acids is 3. The number of carboxylic acid groups (broad SMARTS) is 3. The summed E-state index contributed by atoms with van der Waals surface area (Å²) in [5.41, 5.74) is 2.24. The van der Waals surface area contributed by atoms with Gasteiger partial charge in [-0.15, -0.1) is 0 Å². The van der Waals surface area contributed by atoms with E-state index in [1.807, 2.05) is 0 Å². The molecule has 9 nitrogen and oxygen atoms in total. The molecule has 34 heavy (non-hydrogen) atoms. The van der Waals surface area contributed by atoms with Crippen LogP contribution in [0.3, 0.4) is 0 Å². The standard InChI is InChI=1S/3C8H7NO2.Eu/c3*10-8(11)4-3-7-2-1-5-9-6-7;/h3*1-6H,(H,10,11);/q;;;+3/p-3/b3*4-3+;. The smallest absolute Gasteiger partial charge is 0.545 e. The summed E-state index contributed by atoms with van der Waals surface area (Å²) in [6, 6.07) is 10.5. The molecule has 3 rings (SSSR count). The first kappa shape index (κ1) is 30.7. The second kappa shape index (κ2) is 19.2. The van der Waals surface area contributed by atoms with Gasteiger partial charge in [-0.05, 0) is 53.1 Å². The van der Waals surface area contributed by atoms with Gasteiger partial charge in [0.25, 0.3) is 0 Å². The molecule has 0 aliphatic heterocycles. The van der Waals surface area contributed by atoms with Crippen molar-refractivity contribution in [2.45, 2.75) is 0 Å². The van der Waals surface area contributed by atoms with Gasteiger partial charge in [0.15, 0.2) is 0 Å². The first-order valence-electron chi connectivity index (χ1n) is 9.24. The van der Waals surface area contributed by atoms with Crippen molar-refractivity contribution in [2.24, 2.45) is 0 Å². The van der Waals surface area contributed by atoms with Gasteiger partial charge in [0.2, 0.25) is 0 Å². The monoisotopic (exact) mass is 597 g/mol. The second-order valence-corrected chi connectivity index (χ2v) is 5.82. The van der Waals surface area contributed by atoms with Crippen LogP contribution in [0.15, 0.2) is 91.8 Å². The maximum absolute atomic E-state index is 9.95. The summed E-state index contributed by atoms with van der Waals surface area (Å²) >= 11 is 0. The molecule has 0 amide bonds. The van der Waals surface area contributed by atoms with Gasteiger partial charge < -0.3 is 29.7 Å². The normalized spacial score (nSPS) is 9.88. The minimum atomic E-state index is -1.20. The number of nitrogens with zero attached hydrogens (tertiary/aromatic N) is 3. The third kappa shape index (κ3) is 17.2. The fraction of sp³-hybridized carbons (Fsp3) is 0. The van der Waals surface area contributed by atoms with Crippen LogP contribution in [0.1, 0.15) is 16.7 Å². The van der Waals surface area contributed by atoms with E-state index >= 15 is 0 Å². The number of aromatic nitrogens is 3. The van der Waals surface area contributed by atoms with E-state index in [-0.39, 0.29) is 49.4 Å². The zero-order valence-electron chi connectivity index (χ0n) is 17.6. The van der Waals surface area contributed by atoms with E-state index in [0.29, 0.717) is 0 Å². The molecule has 0 fully saturated rings. The number of hydrogen-bond donors (Lipinski definition) is 0. The summed E-state index contributed by atoms with van der Waals surface area (Å²) < 4.78 is 0. The van der Waals surface area contributed by atoms with Gasteiger partial charge in [-0.3, -0.25) is 15.0 Å². The van der Waals surface area contributed by atoms with Crippen LogP contribution in [0.2, 0.25) is 0 Å². The SMILES string of the molecule is O=C([O-])/C=C/c1cccnc1.O=C([O-])/C=C/c1cccnc1.O=C([O-])/C=C/c1cccnc1.[Eu+3]. The van der Waals surface area contributed by atoms with Gasteiger partial charge in [0, 0.05) is 37.2 Å². The maximum atomic E-state index is 9.95. The molecule has 0 radical (unpaired) electrons. The largest absolute Gasteiger partial charge is 3.00 e. The number of hydrogen-bond acceptors (Lipinski definition) is 9. The van der Waals surface area contributed by atoms with Crippen molar-refractivity contribution in [2.75, 3.05) is 0 Å². The van der Waals surface area contributed by atoms with Crippen LogP contribution in [0, 0.1) is 49.4 Å². The zero-order valence-corrected chi connectivity index (χ0v) is 20.0. The molecule has 0 atom stereocenters. The summed E-state index contributed by atoms with van der Waals surface area (Å²) in [6.45, 7) is 0. The average molecular weight is 596 g/mol. The summed E-state index contributed by atoms with van der Waals surface area (Å²) in [4.78, 5) is 41.3. The van der Waals surface area contributed by atoms with Gasteiger partial charge in [-0.25, -0.2) is 0 Å². The molecule has 0 aliphatic carbocycles. The Kier molecular flexibility index (Phi) is 17.3. The van der Waals surface area contributed by atoms with Crippen molar-refractivity contribution in [3.05, 3.63) is 108 Å². The van der Waals surface area contributed by atoms with E-state index in [1.165, 1.54) is 18.2 Å². The minimum absolute atomic E-state index is 0. The quantitative estimate of drug-likeness (QED) is 0.343. The molecule has 172 valence electrons. The Hall–Kier alpha value is -3.34. The van der Waals surface area contributed by atoms with Crippen molar-refractivity contribution in [1.29, 1.82) is 0 Å². The number of carbonyl (C=O) groups excluding carboxylic acids is 3. The van der Waals surface area contributed by atoms with Gasteiger partial charge in [-0.2, -0.15) is 0 Å². The maximum Gasteiger partial charge on any atom is 3.00 e. The van der Waals surface area contributed by atoms with Crippen LogP contribution in [-0.4, -0.2) is 32.9 Å². The molecule has 0 saturated heterocycles. The third-order valence-electron chi connectivity index (χ3n) is 3.29.